The Morgan fingerprint density at radius 3 is 2.74 bits per heavy atom. The Hall–Kier alpha value is -1.55. The van der Waals surface area contributed by atoms with Crippen LogP contribution in [0.4, 0.5) is 5.69 Å². The molecule has 1 aromatic carbocycles. The number of hydrogen-bond donors (Lipinski definition) is 2. The molecule has 0 aromatic heterocycles. The van der Waals surface area contributed by atoms with Crippen molar-refractivity contribution in [2.45, 2.75) is 27.2 Å². The van der Waals surface area contributed by atoms with Gasteiger partial charge in [0.15, 0.2) is 5.78 Å². The molecule has 0 amide bonds. The van der Waals surface area contributed by atoms with Gasteiger partial charge in [-0.3, -0.25) is 4.79 Å². The quantitative estimate of drug-likeness (QED) is 0.430. The van der Waals surface area contributed by atoms with Crippen LogP contribution in [0.15, 0.2) is 18.2 Å². The molecule has 19 heavy (non-hydrogen) atoms. The molecule has 0 aliphatic rings. The minimum Gasteiger partial charge on any atom is -0.492 e. The first-order chi connectivity index (χ1) is 9.04. The fraction of sp³-hybridized carbons (Fsp3) is 0.533. The van der Waals surface area contributed by atoms with Crippen LogP contribution in [0.25, 0.3) is 0 Å². The van der Waals surface area contributed by atoms with Crippen LogP contribution in [0.3, 0.4) is 0 Å². The summed E-state index contributed by atoms with van der Waals surface area (Å²) >= 11 is 0. The third-order valence-corrected chi connectivity index (χ3v) is 2.82. The summed E-state index contributed by atoms with van der Waals surface area (Å²) < 4.78 is 5.34. The number of anilines is 1. The molecule has 0 aliphatic heterocycles. The molecule has 1 rings (SSSR count). The van der Waals surface area contributed by atoms with Gasteiger partial charge in [0.25, 0.3) is 0 Å². The first-order valence-corrected chi connectivity index (χ1v) is 6.80. The van der Waals surface area contributed by atoms with Crippen molar-refractivity contribution in [1.82, 2.24) is 5.32 Å². The molecular weight excluding hydrogens is 240 g/mol. The third kappa shape index (κ3) is 5.30. The van der Waals surface area contributed by atoms with Gasteiger partial charge in [-0.05, 0) is 44.0 Å². The van der Waals surface area contributed by atoms with E-state index in [1.54, 1.807) is 18.2 Å². The number of nitrogens with one attached hydrogen (secondary N) is 1. The van der Waals surface area contributed by atoms with Crippen molar-refractivity contribution in [1.29, 1.82) is 0 Å². The van der Waals surface area contributed by atoms with Gasteiger partial charge in [0.1, 0.15) is 5.75 Å². The van der Waals surface area contributed by atoms with Crippen LogP contribution in [0, 0.1) is 5.92 Å². The highest BCUT2D eigenvalue weighted by atomic mass is 16.5. The molecule has 0 unspecified atom stereocenters. The van der Waals surface area contributed by atoms with Crippen LogP contribution in [0.5, 0.6) is 5.75 Å². The largest absolute Gasteiger partial charge is 0.492 e. The van der Waals surface area contributed by atoms with Crippen LogP contribution < -0.4 is 15.8 Å². The van der Waals surface area contributed by atoms with E-state index < -0.39 is 0 Å². The fourth-order valence-corrected chi connectivity index (χ4v) is 1.70. The first kappa shape index (κ1) is 15.5. The number of Topliss-reactive ketones (excluding diaryl/α,β-unsaturated/α-hetero) is 1. The second kappa shape index (κ2) is 7.79. The Labute approximate surface area is 115 Å². The van der Waals surface area contributed by atoms with Crippen molar-refractivity contribution in [2.24, 2.45) is 5.92 Å². The molecule has 0 radical (unpaired) electrons. The van der Waals surface area contributed by atoms with Crippen LogP contribution in [0.1, 0.15) is 37.6 Å². The minimum absolute atomic E-state index is 0.0542. The number of hydrogen-bond acceptors (Lipinski definition) is 4. The van der Waals surface area contributed by atoms with Gasteiger partial charge in [-0.1, -0.05) is 13.8 Å². The Morgan fingerprint density at radius 2 is 2.16 bits per heavy atom. The molecule has 0 spiro atoms. The van der Waals surface area contributed by atoms with Gasteiger partial charge >= 0.3 is 0 Å². The number of rotatable bonds is 8. The summed E-state index contributed by atoms with van der Waals surface area (Å²) in [7, 11) is 0. The van der Waals surface area contributed by atoms with Gasteiger partial charge in [-0.15, -0.1) is 0 Å². The molecule has 1 aromatic rings. The van der Waals surface area contributed by atoms with Crippen molar-refractivity contribution >= 4 is 11.5 Å². The van der Waals surface area contributed by atoms with Gasteiger partial charge < -0.3 is 15.8 Å². The number of benzene rings is 1. The maximum atomic E-state index is 12.0. The molecule has 0 saturated heterocycles. The van der Waals surface area contributed by atoms with E-state index in [1.807, 2.05) is 6.92 Å². The number of nitrogens with two attached hydrogens (primary N) is 1. The maximum absolute atomic E-state index is 12.0. The Balaban J connectivity index is 2.50. The topological polar surface area (TPSA) is 64.3 Å². The summed E-state index contributed by atoms with van der Waals surface area (Å²) in [6.07, 6.45) is 1.07. The first-order valence-electron chi connectivity index (χ1n) is 6.80. The molecule has 106 valence electrons. The Morgan fingerprint density at radius 1 is 1.42 bits per heavy atom. The van der Waals surface area contributed by atoms with Crippen molar-refractivity contribution in [2.75, 3.05) is 25.4 Å². The molecule has 4 heteroatoms. The fourth-order valence-electron chi connectivity index (χ4n) is 1.70. The minimum atomic E-state index is 0.0542. The number of nitrogen functional groups attached to an aromatic ring is 1. The van der Waals surface area contributed by atoms with E-state index in [9.17, 15) is 4.79 Å². The van der Waals surface area contributed by atoms with E-state index in [2.05, 4.69) is 19.2 Å². The summed E-state index contributed by atoms with van der Waals surface area (Å²) in [4.78, 5) is 12.0. The molecule has 0 heterocycles. The highest BCUT2D eigenvalue weighted by molar-refractivity contribution is 5.98. The van der Waals surface area contributed by atoms with Crippen molar-refractivity contribution in [3.63, 3.8) is 0 Å². The maximum Gasteiger partial charge on any atom is 0.176 e. The van der Waals surface area contributed by atoms with Gasteiger partial charge in [-0.25, -0.2) is 0 Å². The van der Waals surface area contributed by atoms with Gasteiger partial charge in [0.2, 0.25) is 0 Å². The van der Waals surface area contributed by atoms with E-state index in [0.717, 1.165) is 13.0 Å². The molecule has 0 bridgehead atoms. The lowest BCUT2D eigenvalue weighted by atomic mass is 10.1. The summed E-state index contributed by atoms with van der Waals surface area (Å²) in [6.45, 7) is 7.99. The monoisotopic (exact) mass is 264 g/mol. The van der Waals surface area contributed by atoms with Crippen LogP contribution in [-0.2, 0) is 0 Å². The zero-order valence-corrected chi connectivity index (χ0v) is 12.0. The SMILES string of the molecule is CCOc1ccc(C(=O)CNCCC(C)C)cc1N. The molecule has 4 nitrogen and oxygen atoms in total. The van der Waals surface area contributed by atoms with Crippen LogP contribution in [-0.4, -0.2) is 25.5 Å². The molecule has 0 atom stereocenters. The summed E-state index contributed by atoms with van der Waals surface area (Å²) in [5.41, 5.74) is 6.97. The normalized spacial score (nSPS) is 10.7. The Bertz CT molecular complexity index is 417. The number of carbonyl (C=O) groups is 1. The smallest absolute Gasteiger partial charge is 0.176 e. The number of carbonyl (C=O) groups excluding carboxylic acids is 1. The summed E-state index contributed by atoms with van der Waals surface area (Å²) in [5, 5.41) is 3.15. The summed E-state index contributed by atoms with van der Waals surface area (Å²) in [5.74, 6) is 1.33. The van der Waals surface area contributed by atoms with Crippen molar-refractivity contribution in [3.05, 3.63) is 23.8 Å². The second-order valence-corrected chi connectivity index (χ2v) is 4.97. The third-order valence-electron chi connectivity index (χ3n) is 2.82. The van der Waals surface area contributed by atoms with E-state index in [0.29, 0.717) is 36.1 Å². The van der Waals surface area contributed by atoms with E-state index in [-0.39, 0.29) is 5.78 Å². The van der Waals surface area contributed by atoms with Crippen LogP contribution >= 0.6 is 0 Å². The zero-order chi connectivity index (χ0) is 14.3. The van der Waals surface area contributed by atoms with Crippen molar-refractivity contribution < 1.29 is 9.53 Å². The van der Waals surface area contributed by atoms with Crippen LogP contribution in [0.2, 0.25) is 0 Å². The van der Waals surface area contributed by atoms with E-state index >= 15 is 0 Å². The predicted octanol–water partition coefficient (Wildman–Crippen LogP) is 2.49. The summed E-state index contributed by atoms with van der Waals surface area (Å²) in [6, 6.07) is 5.19. The van der Waals surface area contributed by atoms with E-state index in [4.69, 9.17) is 10.5 Å². The molecular formula is C15H24N2O2. The second-order valence-electron chi connectivity index (χ2n) is 4.97. The average molecular weight is 264 g/mol. The highest BCUT2D eigenvalue weighted by Crippen LogP contribution is 2.22. The van der Waals surface area contributed by atoms with Gasteiger partial charge in [0.05, 0.1) is 18.8 Å². The standard InChI is InChI=1S/C15H24N2O2/c1-4-19-15-6-5-12(9-13(15)16)14(18)10-17-8-7-11(2)3/h5-6,9,11,17H,4,7-8,10,16H2,1-3H3. The highest BCUT2D eigenvalue weighted by Gasteiger charge is 2.08. The Kier molecular flexibility index (Phi) is 6.36. The predicted molar refractivity (Wildman–Crippen MR) is 78.7 cm³/mol. The van der Waals surface area contributed by atoms with Gasteiger partial charge in [-0.2, -0.15) is 0 Å². The molecule has 0 fully saturated rings. The lowest BCUT2D eigenvalue weighted by Gasteiger charge is -2.09. The van der Waals surface area contributed by atoms with Crippen molar-refractivity contribution in [3.8, 4) is 5.75 Å². The molecule has 0 saturated carbocycles. The zero-order valence-electron chi connectivity index (χ0n) is 12.0. The lowest BCUT2D eigenvalue weighted by molar-refractivity contribution is 0.0991. The number of ketones is 1. The lowest BCUT2D eigenvalue weighted by Crippen LogP contribution is -2.24. The number of ether oxygens (including phenoxy) is 1. The average Bonchev–Trinajstić information content (AvgIpc) is 2.36. The molecule has 3 N–H and O–H groups in total. The van der Waals surface area contributed by atoms with Gasteiger partial charge in [0, 0.05) is 5.56 Å². The van der Waals surface area contributed by atoms with E-state index in [1.165, 1.54) is 0 Å². The molecule has 0 aliphatic carbocycles.